The predicted octanol–water partition coefficient (Wildman–Crippen LogP) is 2.14. The summed E-state index contributed by atoms with van der Waals surface area (Å²) in [5, 5.41) is 0. The minimum atomic E-state index is -0.229. The second kappa shape index (κ2) is 6.89. The van der Waals surface area contributed by atoms with Crippen LogP contribution in [0.15, 0.2) is 0 Å². The molecule has 0 N–H and O–H groups in total. The number of carbonyl (C=O) groups excluding carboxylic acids is 1. The van der Waals surface area contributed by atoms with Gasteiger partial charge in [0.05, 0.1) is 12.2 Å². The van der Waals surface area contributed by atoms with Crippen LogP contribution in [-0.2, 0) is 14.3 Å². The van der Waals surface area contributed by atoms with Gasteiger partial charge in [-0.3, -0.25) is 4.79 Å². The number of carbonyl (C=O) groups is 1. The van der Waals surface area contributed by atoms with Gasteiger partial charge < -0.3 is 9.47 Å². The van der Waals surface area contributed by atoms with Crippen molar-refractivity contribution < 1.29 is 14.3 Å². The molecule has 0 aromatic rings. The van der Waals surface area contributed by atoms with Crippen molar-refractivity contribution in [3.05, 3.63) is 0 Å². The lowest BCUT2D eigenvalue weighted by atomic mass is 10.2. The summed E-state index contributed by atoms with van der Waals surface area (Å²) >= 11 is 0. The van der Waals surface area contributed by atoms with Crippen LogP contribution in [0.1, 0.15) is 40.5 Å². The van der Waals surface area contributed by atoms with E-state index in [1.54, 1.807) is 0 Å². The summed E-state index contributed by atoms with van der Waals surface area (Å²) in [6.45, 7) is 7.87. The van der Waals surface area contributed by atoms with Gasteiger partial charge in [0.25, 0.3) is 0 Å². The molecule has 78 valence electrons. The SMILES string of the molecule is CC.CC(=O)OCC1CCC(C)O1. The highest BCUT2D eigenvalue weighted by Gasteiger charge is 2.22. The molecule has 2 unspecified atom stereocenters. The summed E-state index contributed by atoms with van der Waals surface area (Å²) in [5.74, 6) is -0.229. The second-order valence-electron chi connectivity index (χ2n) is 2.95. The van der Waals surface area contributed by atoms with Crippen molar-refractivity contribution in [2.75, 3.05) is 6.61 Å². The second-order valence-corrected chi connectivity index (χ2v) is 2.95. The maximum Gasteiger partial charge on any atom is 0.302 e. The molecule has 1 saturated heterocycles. The Morgan fingerprint density at radius 2 is 2.08 bits per heavy atom. The van der Waals surface area contributed by atoms with E-state index in [1.807, 2.05) is 20.8 Å². The number of hydrogen-bond acceptors (Lipinski definition) is 3. The Morgan fingerprint density at radius 3 is 2.46 bits per heavy atom. The average Bonchev–Trinajstić information content (AvgIpc) is 2.52. The van der Waals surface area contributed by atoms with Crippen LogP contribution in [0.2, 0.25) is 0 Å². The van der Waals surface area contributed by atoms with Gasteiger partial charge in [-0.25, -0.2) is 0 Å². The van der Waals surface area contributed by atoms with Gasteiger partial charge in [-0.2, -0.15) is 0 Å². The molecule has 1 aliphatic rings. The van der Waals surface area contributed by atoms with Crippen molar-refractivity contribution in [1.82, 2.24) is 0 Å². The predicted molar refractivity (Wildman–Crippen MR) is 51.6 cm³/mol. The van der Waals surface area contributed by atoms with Crippen molar-refractivity contribution >= 4 is 5.97 Å². The maximum absolute atomic E-state index is 10.4. The van der Waals surface area contributed by atoms with Gasteiger partial charge in [0.15, 0.2) is 0 Å². The van der Waals surface area contributed by atoms with Crippen LogP contribution in [0.3, 0.4) is 0 Å². The number of ether oxygens (including phenoxy) is 2. The number of hydrogen-bond donors (Lipinski definition) is 0. The van der Waals surface area contributed by atoms with Gasteiger partial charge in [-0.1, -0.05) is 13.8 Å². The van der Waals surface area contributed by atoms with E-state index in [0.717, 1.165) is 12.8 Å². The zero-order chi connectivity index (χ0) is 10.3. The Hall–Kier alpha value is -0.570. The lowest BCUT2D eigenvalue weighted by Crippen LogP contribution is -2.17. The fraction of sp³-hybridized carbons (Fsp3) is 0.900. The molecule has 0 spiro atoms. The van der Waals surface area contributed by atoms with Gasteiger partial charge in [0.2, 0.25) is 0 Å². The number of rotatable bonds is 2. The molecule has 0 bridgehead atoms. The highest BCUT2D eigenvalue weighted by Crippen LogP contribution is 2.18. The minimum absolute atomic E-state index is 0.133. The molecule has 0 radical (unpaired) electrons. The van der Waals surface area contributed by atoms with Crippen molar-refractivity contribution in [3.8, 4) is 0 Å². The van der Waals surface area contributed by atoms with Crippen LogP contribution in [0.25, 0.3) is 0 Å². The Morgan fingerprint density at radius 1 is 1.46 bits per heavy atom. The summed E-state index contributed by atoms with van der Waals surface area (Å²) < 4.78 is 10.2. The standard InChI is InChI=1S/C8H14O3.C2H6/c1-6-3-4-8(11-6)5-10-7(2)9;1-2/h6,8H,3-5H2,1-2H3;1-2H3. The van der Waals surface area contributed by atoms with E-state index in [-0.39, 0.29) is 12.1 Å². The molecule has 0 aliphatic carbocycles. The largest absolute Gasteiger partial charge is 0.463 e. The van der Waals surface area contributed by atoms with Crippen LogP contribution in [0, 0.1) is 0 Å². The molecular formula is C10H20O3. The Bertz CT molecular complexity index is 145. The highest BCUT2D eigenvalue weighted by molar-refractivity contribution is 5.65. The number of esters is 1. The fourth-order valence-corrected chi connectivity index (χ4v) is 1.22. The van der Waals surface area contributed by atoms with Crippen LogP contribution in [0.4, 0.5) is 0 Å². The van der Waals surface area contributed by atoms with E-state index >= 15 is 0 Å². The van der Waals surface area contributed by atoms with E-state index in [9.17, 15) is 4.79 Å². The maximum atomic E-state index is 10.4. The van der Waals surface area contributed by atoms with Crippen LogP contribution < -0.4 is 0 Å². The first-order valence-corrected chi connectivity index (χ1v) is 4.97. The van der Waals surface area contributed by atoms with Crippen molar-refractivity contribution in [2.24, 2.45) is 0 Å². The molecular weight excluding hydrogens is 168 g/mol. The topological polar surface area (TPSA) is 35.5 Å². The van der Waals surface area contributed by atoms with Gasteiger partial charge in [-0.05, 0) is 19.8 Å². The monoisotopic (exact) mass is 188 g/mol. The smallest absolute Gasteiger partial charge is 0.302 e. The Kier molecular flexibility index (Phi) is 6.59. The minimum Gasteiger partial charge on any atom is -0.463 e. The first kappa shape index (κ1) is 12.4. The van der Waals surface area contributed by atoms with Crippen LogP contribution >= 0.6 is 0 Å². The van der Waals surface area contributed by atoms with Gasteiger partial charge >= 0.3 is 5.97 Å². The summed E-state index contributed by atoms with van der Waals surface area (Å²) in [4.78, 5) is 10.4. The van der Waals surface area contributed by atoms with E-state index < -0.39 is 0 Å². The molecule has 3 nitrogen and oxygen atoms in total. The summed E-state index contributed by atoms with van der Waals surface area (Å²) in [6, 6.07) is 0. The third-order valence-corrected chi connectivity index (χ3v) is 1.79. The van der Waals surface area contributed by atoms with Gasteiger partial charge in [-0.15, -0.1) is 0 Å². The van der Waals surface area contributed by atoms with Crippen LogP contribution in [-0.4, -0.2) is 24.8 Å². The lowest BCUT2D eigenvalue weighted by molar-refractivity contribution is -0.144. The lowest BCUT2D eigenvalue weighted by Gasteiger charge is -2.09. The molecule has 1 aliphatic heterocycles. The Labute approximate surface area is 80.4 Å². The third kappa shape index (κ3) is 5.64. The molecule has 0 aromatic carbocycles. The normalized spacial score (nSPS) is 26.2. The average molecular weight is 188 g/mol. The van der Waals surface area contributed by atoms with Crippen molar-refractivity contribution in [1.29, 1.82) is 0 Å². The molecule has 0 aromatic heterocycles. The molecule has 2 atom stereocenters. The van der Waals surface area contributed by atoms with Crippen molar-refractivity contribution in [3.63, 3.8) is 0 Å². The van der Waals surface area contributed by atoms with Gasteiger partial charge in [0, 0.05) is 6.92 Å². The third-order valence-electron chi connectivity index (χ3n) is 1.79. The molecule has 13 heavy (non-hydrogen) atoms. The first-order chi connectivity index (χ1) is 6.18. The summed E-state index contributed by atoms with van der Waals surface area (Å²) in [6.07, 6.45) is 2.55. The van der Waals surface area contributed by atoms with E-state index in [0.29, 0.717) is 12.7 Å². The highest BCUT2D eigenvalue weighted by atomic mass is 16.6. The molecule has 1 fully saturated rings. The molecule has 1 rings (SSSR count). The van der Waals surface area contributed by atoms with E-state index in [4.69, 9.17) is 9.47 Å². The Balaban J connectivity index is 0.000000671. The first-order valence-electron chi connectivity index (χ1n) is 4.97. The van der Waals surface area contributed by atoms with E-state index in [1.165, 1.54) is 6.92 Å². The molecule has 1 heterocycles. The summed E-state index contributed by atoms with van der Waals surface area (Å²) in [7, 11) is 0. The van der Waals surface area contributed by atoms with Crippen LogP contribution in [0.5, 0.6) is 0 Å². The zero-order valence-corrected chi connectivity index (χ0v) is 9.00. The molecule has 0 saturated carbocycles. The fourth-order valence-electron chi connectivity index (χ4n) is 1.22. The quantitative estimate of drug-likeness (QED) is 0.623. The zero-order valence-electron chi connectivity index (χ0n) is 9.00. The molecule has 3 heteroatoms. The van der Waals surface area contributed by atoms with E-state index in [2.05, 4.69) is 0 Å². The van der Waals surface area contributed by atoms with Gasteiger partial charge in [0.1, 0.15) is 6.61 Å². The van der Waals surface area contributed by atoms with Crippen molar-refractivity contribution in [2.45, 2.75) is 52.7 Å². The summed E-state index contributed by atoms with van der Waals surface area (Å²) in [5.41, 5.74) is 0. The molecule has 0 amide bonds.